The fourth-order valence-electron chi connectivity index (χ4n) is 3.14. The third-order valence-corrected chi connectivity index (χ3v) is 4.37. The third-order valence-electron chi connectivity index (χ3n) is 4.37. The maximum absolute atomic E-state index is 12.2. The summed E-state index contributed by atoms with van der Waals surface area (Å²) in [7, 11) is 0. The molecule has 0 saturated carbocycles. The summed E-state index contributed by atoms with van der Waals surface area (Å²) in [5, 5.41) is 9.09. The van der Waals surface area contributed by atoms with Gasteiger partial charge >= 0.3 is 5.97 Å². The van der Waals surface area contributed by atoms with Crippen LogP contribution >= 0.6 is 0 Å². The first-order valence-electron chi connectivity index (χ1n) is 7.48. The van der Waals surface area contributed by atoms with Crippen molar-refractivity contribution in [2.24, 2.45) is 5.92 Å². The number of imide groups is 1. The van der Waals surface area contributed by atoms with Crippen molar-refractivity contribution in [1.82, 2.24) is 9.80 Å². The molecule has 116 valence electrons. The summed E-state index contributed by atoms with van der Waals surface area (Å²) in [5.41, 5.74) is 0.907. The summed E-state index contributed by atoms with van der Waals surface area (Å²) in [6.45, 7) is 2.12. The van der Waals surface area contributed by atoms with E-state index >= 15 is 0 Å². The largest absolute Gasteiger partial charge is 0.481 e. The molecule has 2 amide bonds. The van der Waals surface area contributed by atoms with E-state index in [2.05, 4.69) is 0 Å². The number of rotatable bonds is 4. The summed E-state index contributed by atoms with van der Waals surface area (Å²) in [6, 6.07) is 6.82. The second-order valence-electron chi connectivity index (χ2n) is 5.79. The Balaban J connectivity index is 1.62. The third kappa shape index (κ3) is 2.62. The summed E-state index contributed by atoms with van der Waals surface area (Å²) in [4.78, 5) is 38.8. The van der Waals surface area contributed by atoms with E-state index in [-0.39, 0.29) is 17.7 Å². The number of hydrogen-bond acceptors (Lipinski definition) is 4. The van der Waals surface area contributed by atoms with Crippen molar-refractivity contribution in [2.75, 3.05) is 26.2 Å². The molecule has 2 aliphatic heterocycles. The molecule has 0 aromatic heterocycles. The molecule has 1 atom stereocenters. The maximum atomic E-state index is 12.2. The van der Waals surface area contributed by atoms with Crippen LogP contribution in [0.15, 0.2) is 24.3 Å². The van der Waals surface area contributed by atoms with Gasteiger partial charge in [0.2, 0.25) is 0 Å². The highest BCUT2D eigenvalue weighted by atomic mass is 16.4. The van der Waals surface area contributed by atoms with Crippen molar-refractivity contribution in [3.8, 4) is 0 Å². The average Bonchev–Trinajstić information content (AvgIpc) is 2.78. The molecule has 1 fully saturated rings. The van der Waals surface area contributed by atoms with E-state index in [4.69, 9.17) is 5.11 Å². The Morgan fingerprint density at radius 2 is 1.77 bits per heavy atom. The lowest BCUT2D eigenvalue weighted by atomic mass is 9.98. The van der Waals surface area contributed by atoms with Crippen LogP contribution in [0.5, 0.6) is 0 Å². The second kappa shape index (κ2) is 5.88. The first kappa shape index (κ1) is 14.7. The fraction of sp³-hybridized carbons (Fsp3) is 0.438. The topological polar surface area (TPSA) is 77.9 Å². The second-order valence-corrected chi connectivity index (χ2v) is 5.79. The molecule has 0 spiro atoms. The Hall–Kier alpha value is -2.21. The summed E-state index contributed by atoms with van der Waals surface area (Å²) >= 11 is 0. The van der Waals surface area contributed by atoms with E-state index in [1.54, 1.807) is 24.3 Å². The molecular weight excluding hydrogens is 284 g/mol. The van der Waals surface area contributed by atoms with Crippen molar-refractivity contribution >= 4 is 17.8 Å². The molecule has 1 aromatic rings. The molecule has 3 rings (SSSR count). The van der Waals surface area contributed by atoms with E-state index in [9.17, 15) is 14.4 Å². The number of aliphatic carboxylic acids is 1. The van der Waals surface area contributed by atoms with E-state index in [1.807, 2.05) is 4.90 Å². The van der Waals surface area contributed by atoms with Gasteiger partial charge in [0.25, 0.3) is 11.8 Å². The predicted octanol–water partition coefficient (Wildman–Crippen LogP) is 1.08. The van der Waals surface area contributed by atoms with Gasteiger partial charge in [0, 0.05) is 19.6 Å². The van der Waals surface area contributed by atoms with Gasteiger partial charge in [-0.25, -0.2) is 0 Å². The van der Waals surface area contributed by atoms with Gasteiger partial charge in [0.1, 0.15) is 0 Å². The zero-order valence-electron chi connectivity index (χ0n) is 12.2. The number of benzene rings is 1. The number of piperidine rings is 1. The van der Waals surface area contributed by atoms with E-state index < -0.39 is 5.97 Å². The molecule has 2 heterocycles. The number of carbonyl (C=O) groups is 3. The predicted molar refractivity (Wildman–Crippen MR) is 78.6 cm³/mol. The summed E-state index contributed by atoms with van der Waals surface area (Å²) < 4.78 is 0. The first-order chi connectivity index (χ1) is 10.6. The van der Waals surface area contributed by atoms with Crippen LogP contribution in [0.1, 0.15) is 33.6 Å². The van der Waals surface area contributed by atoms with Crippen LogP contribution in [0.2, 0.25) is 0 Å². The van der Waals surface area contributed by atoms with Crippen molar-refractivity contribution in [2.45, 2.75) is 12.8 Å². The molecule has 2 aliphatic rings. The van der Waals surface area contributed by atoms with Crippen molar-refractivity contribution in [3.05, 3.63) is 35.4 Å². The molecule has 1 N–H and O–H groups in total. The highest BCUT2D eigenvalue weighted by molar-refractivity contribution is 6.21. The molecule has 0 aliphatic carbocycles. The Morgan fingerprint density at radius 1 is 1.14 bits per heavy atom. The number of likely N-dealkylation sites (tertiary alicyclic amines) is 1. The van der Waals surface area contributed by atoms with E-state index in [1.165, 1.54) is 4.90 Å². The van der Waals surface area contributed by atoms with Gasteiger partial charge in [0.15, 0.2) is 0 Å². The minimum atomic E-state index is -0.773. The van der Waals surface area contributed by atoms with Crippen LogP contribution in [-0.2, 0) is 4.79 Å². The lowest BCUT2D eigenvalue weighted by Crippen LogP contribution is -2.43. The Morgan fingerprint density at radius 3 is 2.36 bits per heavy atom. The van der Waals surface area contributed by atoms with Gasteiger partial charge in [-0.3, -0.25) is 19.3 Å². The van der Waals surface area contributed by atoms with Gasteiger partial charge in [-0.1, -0.05) is 12.1 Å². The van der Waals surface area contributed by atoms with E-state index in [0.717, 1.165) is 13.0 Å². The molecule has 1 aromatic carbocycles. The summed E-state index contributed by atoms with van der Waals surface area (Å²) in [6.07, 6.45) is 1.53. The van der Waals surface area contributed by atoms with Gasteiger partial charge < -0.3 is 10.0 Å². The lowest BCUT2D eigenvalue weighted by Gasteiger charge is -2.31. The molecule has 6 nitrogen and oxygen atoms in total. The first-order valence-corrected chi connectivity index (χ1v) is 7.48. The van der Waals surface area contributed by atoms with Crippen LogP contribution < -0.4 is 0 Å². The lowest BCUT2D eigenvalue weighted by molar-refractivity contribution is -0.143. The molecule has 1 saturated heterocycles. The SMILES string of the molecule is O=C(O)C1CCCN(CCN2C(=O)c3ccccc3C2=O)C1. The van der Waals surface area contributed by atoms with Crippen molar-refractivity contribution in [3.63, 3.8) is 0 Å². The molecule has 22 heavy (non-hydrogen) atoms. The minimum Gasteiger partial charge on any atom is -0.481 e. The zero-order chi connectivity index (χ0) is 15.7. The molecule has 0 bridgehead atoms. The average molecular weight is 302 g/mol. The molecule has 1 unspecified atom stereocenters. The maximum Gasteiger partial charge on any atom is 0.307 e. The van der Waals surface area contributed by atoms with Gasteiger partial charge in [-0.2, -0.15) is 0 Å². The van der Waals surface area contributed by atoms with Crippen LogP contribution in [0.4, 0.5) is 0 Å². The normalized spacial score (nSPS) is 22.0. The van der Waals surface area contributed by atoms with Crippen LogP contribution in [0, 0.1) is 5.92 Å². The number of hydrogen-bond donors (Lipinski definition) is 1. The number of carboxylic acid groups (broad SMARTS) is 1. The molecule has 0 radical (unpaired) electrons. The highest BCUT2D eigenvalue weighted by Gasteiger charge is 2.35. The molecular formula is C16H18N2O4. The fourth-order valence-corrected chi connectivity index (χ4v) is 3.14. The van der Waals surface area contributed by atoms with Crippen molar-refractivity contribution < 1.29 is 19.5 Å². The van der Waals surface area contributed by atoms with Gasteiger partial charge in [-0.05, 0) is 31.5 Å². The highest BCUT2D eigenvalue weighted by Crippen LogP contribution is 2.23. The standard InChI is InChI=1S/C16H18N2O4/c19-14-12-5-1-2-6-13(12)15(20)18(14)9-8-17-7-3-4-11(10-17)16(21)22/h1-2,5-6,11H,3-4,7-10H2,(H,21,22). The zero-order valence-corrected chi connectivity index (χ0v) is 12.2. The number of carbonyl (C=O) groups excluding carboxylic acids is 2. The Kier molecular flexibility index (Phi) is 3.94. The monoisotopic (exact) mass is 302 g/mol. The van der Waals surface area contributed by atoms with Gasteiger partial charge in [0.05, 0.1) is 17.0 Å². The minimum absolute atomic E-state index is 0.257. The van der Waals surface area contributed by atoms with Crippen LogP contribution in [-0.4, -0.2) is 58.9 Å². The number of fused-ring (bicyclic) bond motifs is 1. The smallest absolute Gasteiger partial charge is 0.307 e. The Labute approximate surface area is 128 Å². The van der Waals surface area contributed by atoms with Crippen LogP contribution in [0.3, 0.4) is 0 Å². The Bertz CT molecular complexity index is 593. The number of nitrogens with zero attached hydrogens (tertiary/aromatic N) is 2. The number of amides is 2. The van der Waals surface area contributed by atoms with Crippen molar-refractivity contribution in [1.29, 1.82) is 0 Å². The van der Waals surface area contributed by atoms with Gasteiger partial charge in [-0.15, -0.1) is 0 Å². The summed E-state index contributed by atoms with van der Waals surface area (Å²) in [5.74, 6) is -1.64. The molecule has 6 heteroatoms. The van der Waals surface area contributed by atoms with Crippen LogP contribution in [0.25, 0.3) is 0 Å². The quantitative estimate of drug-likeness (QED) is 0.842. The van der Waals surface area contributed by atoms with E-state index in [0.29, 0.717) is 37.2 Å². The number of carboxylic acids is 1.